The molecule has 1 atom stereocenters. The number of hydrogen-bond acceptors (Lipinski definition) is 3. The van der Waals surface area contributed by atoms with Crippen molar-refractivity contribution in [2.75, 3.05) is 11.9 Å². The van der Waals surface area contributed by atoms with Crippen molar-refractivity contribution in [3.63, 3.8) is 0 Å². The van der Waals surface area contributed by atoms with Crippen LogP contribution >= 0.6 is 11.8 Å². The van der Waals surface area contributed by atoms with Gasteiger partial charge in [0.1, 0.15) is 0 Å². The number of amides is 2. The standard InChI is InChI=1S/C23H26N2O2S/c26-22-14-18(16-25(22)15-17-8-2-1-3-9-17)23(27)24-20-12-6-7-13-21(20)28-19-10-4-5-11-19/h1-3,6-9,12-13,18-19H,4-5,10-11,14-16H2,(H,24,27). The Balaban J connectivity index is 1.38. The van der Waals surface area contributed by atoms with Crippen LogP contribution in [-0.4, -0.2) is 28.5 Å². The van der Waals surface area contributed by atoms with Gasteiger partial charge in [0, 0.05) is 29.7 Å². The highest BCUT2D eigenvalue weighted by molar-refractivity contribution is 8.00. The molecular formula is C23H26N2O2S. The molecule has 0 spiro atoms. The number of rotatable bonds is 6. The molecule has 4 nitrogen and oxygen atoms in total. The van der Waals surface area contributed by atoms with Gasteiger partial charge in [-0.3, -0.25) is 9.59 Å². The lowest BCUT2D eigenvalue weighted by atomic mass is 10.1. The summed E-state index contributed by atoms with van der Waals surface area (Å²) in [6.07, 6.45) is 5.38. The van der Waals surface area contributed by atoms with Crippen molar-refractivity contribution < 1.29 is 9.59 Å². The summed E-state index contributed by atoms with van der Waals surface area (Å²) in [7, 11) is 0. The van der Waals surface area contributed by atoms with Gasteiger partial charge in [-0.15, -0.1) is 11.8 Å². The van der Waals surface area contributed by atoms with E-state index >= 15 is 0 Å². The molecular weight excluding hydrogens is 368 g/mol. The van der Waals surface area contributed by atoms with Gasteiger partial charge in [-0.2, -0.15) is 0 Å². The third kappa shape index (κ3) is 4.58. The summed E-state index contributed by atoms with van der Waals surface area (Å²) in [5.74, 6) is -0.290. The Labute approximate surface area is 170 Å². The molecule has 28 heavy (non-hydrogen) atoms. The summed E-state index contributed by atoms with van der Waals surface area (Å²) in [6.45, 7) is 1.05. The quantitative estimate of drug-likeness (QED) is 0.772. The van der Waals surface area contributed by atoms with Crippen LogP contribution in [0.3, 0.4) is 0 Å². The largest absolute Gasteiger partial charge is 0.338 e. The lowest BCUT2D eigenvalue weighted by Crippen LogP contribution is -2.28. The van der Waals surface area contributed by atoms with E-state index in [1.54, 1.807) is 4.90 Å². The van der Waals surface area contributed by atoms with Gasteiger partial charge in [-0.05, 0) is 30.5 Å². The zero-order valence-corrected chi connectivity index (χ0v) is 16.8. The van der Waals surface area contributed by atoms with Crippen LogP contribution in [0, 0.1) is 5.92 Å². The minimum absolute atomic E-state index is 0.0524. The second-order valence-corrected chi connectivity index (χ2v) is 9.01. The van der Waals surface area contributed by atoms with Crippen molar-refractivity contribution >= 4 is 29.3 Å². The fraction of sp³-hybridized carbons (Fsp3) is 0.391. The van der Waals surface area contributed by atoms with Gasteiger partial charge < -0.3 is 10.2 Å². The van der Waals surface area contributed by atoms with E-state index in [0.29, 0.717) is 18.3 Å². The van der Waals surface area contributed by atoms with E-state index in [4.69, 9.17) is 0 Å². The normalized spacial score (nSPS) is 19.9. The SMILES string of the molecule is O=C(Nc1ccccc1SC1CCCC1)C1CC(=O)N(Cc2ccccc2)C1. The van der Waals surface area contributed by atoms with E-state index in [1.165, 1.54) is 25.7 Å². The van der Waals surface area contributed by atoms with Crippen LogP contribution in [0.4, 0.5) is 5.69 Å². The van der Waals surface area contributed by atoms with E-state index in [1.807, 2.05) is 60.3 Å². The Morgan fingerprint density at radius 1 is 1.04 bits per heavy atom. The van der Waals surface area contributed by atoms with Crippen LogP contribution in [0.1, 0.15) is 37.7 Å². The molecule has 2 amide bonds. The number of nitrogens with one attached hydrogen (secondary N) is 1. The maximum Gasteiger partial charge on any atom is 0.229 e. The topological polar surface area (TPSA) is 49.4 Å². The summed E-state index contributed by atoms with van der Waals surface area (Å²) in [5, 5.41) is 3.74. The molecule has 0 aromatic heterocycles. The molecule has 1 aliphatic heterocycles. The van der Waals surface area contributed by atoms with Crippen molar-refractivity contribution in [2.24, 2.45) is 5.92 Å². The lowest BCUT2D eigenvalue weighted by Gasteiger charge is -2.18. The Morgan fingerprint density at radius 2 is 1.75 bits per heavy atom. The number of hydrogen-bond donors (Lipinski definition) is 1. The molecule has 1 N–H and O–H groups in total. The molecule has 0 bridgehead atoms. The fourth-order valence-electron chi connectivity index (χ4n) is 4.00. The van der Waals surface area contributed by atoms with E-state index in [9.17, 15) is 9.59 Å². The molecule has 2 aromatic rings. The first-order valence-electron chi connectivity index (χ1n) is 10.1. The maximum atomic E-state index is 12.8. The van der Waals surface area contributed by atoms with E-state index < -0.39 is 0 Å². The maximum absolute atomic E-state index is 12.8. The van der Waals surface area contributed by atoms with Crippen LogP contribution in [0.15, 0.2) is 59.5 Å². The molecule has 2 aromatic carbocycles. The Hall–Kier alpha value is -2.27. The van der Waals surface area contributed by atoms with Crippen molar-refractivity contribution in [3.05, 3.63) is 60.2 Å². The van der Waals surface area contributed by atoms with E-state index in [0.717, 1.165) is 16.1 Å². The number of anilines is 1. The molecule has 0 radical (unpaired) electrons. The highest BCUT2D eigenvalue weighted by atomic mass is 32.2. The molecule has 1 heterocycles. The van der Waals surface area contributed by atoms with Crippen molar-refractivity contribution in [3.8, 4) is 0 Å². The Bertz CT molecular complexity index is 834. The Morgan fingerprint density at radius 3 is 2.54 bits per heavy atom. The number of thioether (sulfide) groups is 1. The zero-order chi connectivity index (χ0) is 19.3. The van der Waals surface area contributed by atoms with Crippen molar-refractivity contribution in [1.29, 1.82) is 0 Å². The molecule has 2 fully saturated rings. The number of benzene rings is 2. The molecule has 146 valence electrons. The number of likely N-dealkylation sites (tertiary alicyclic amines) is 1. The third-order valence-electron chi connectivity index (χ3n) is 5.54. The highest BCUT2D eigenvalue weighted by Gasteiger charge is 2.34. The predicted octanol–water partition coefficient (Wildman–Crippen LogP) is 4.71. The molecule has 1 unspecified atom stereocenters. The van der Waals surface area contributed by atoms with Crippen molar-refractivity contribution in [2.45, 2.75) is 48.8 Å². The van der Waals surface area contributed by atoms with Crippen LogP contribution in [0.5, 0.6) is 0 Å². The highest BCUT2D eigenvalue weighted by Crippen LogP contribution is 2.38. The Kier molecular flexibility index (Phi) is 6.01. The van der Waals surface area contributed by atoms with Crippen molar-refractivity contribution in [1.82, 2.24) is 4.90 Å². The molecule has 2 aliphatic rings. The molecule has 4 rings (SSSR count). The lowest BCUT2D eigenvalue weighted by molar-refractivity contribution is -0.128. The summed E-state index contributed by atoms with van der Waals surface area (Å²) < 4.78 is 0. The number of carbonyl (C=O) groups is 2. The van der Waals surface area contributed by atoms with Gasteiger partial charge in [-0.1, -0.05) is 55.3 Å². The van der Waals surface area contributed by atoms with Gasteiger partial charge >= 0.3 is 0 Å². The van der Waals surface area contributed by atoms with Gasteiger partial charge in [0.15, 0.2) is 0 Å². The average Bonchev–Trinajstić information content (AvgIpc) is 3.34. The van der Waals surface area contributed by atoms with Gasteiger partial charge in [0.05, 0.1) is 11.6 Å². The summed E-state index contributed by atoms with van der Waals surface area (Å²) >= 11 is 1.87. The van der Waals surface area contributed by atoms with Crippen LogP contribution in [0.2, 0.25) is 0 Å². The van der Waals surface area contributed by atoms with Crippen LogP contribution in [-0.2, 0) is 16.1 Å². The molecule has 1 saturated carbocycles. The second-order valence-electron chi connectivity index (χ2n) is 7.67. The molecule has 5 heteroatoms. The van der Waals surface area contributed by atoms with Gasteiger partial charge in [-0.25, -0.2) is 0 Å². The van der Waals surface area contributed by atoms with E-state index in [2.05, 4.69) is 11.4 Å². The van der Waals surface area contributed by atoms with Gasteiger partial charge in [0.2, 0.25) is 11.8 Å². The zero-order valence-electron chi connectivity index (χ0n) is 16.0. The first kappa shape index (κ1) is 19.1. The first-order chi connectivity index (χ1) is 13.7. The third-order valence-corrected chi connectivity index (χ3v) is 6.96. The second kappa shape index (κ2) is 8.82. The number of carbonyl (C=O) groups excluding carboxylic acids is 2. The summed E-state index contributed by atoms with van der Waals surface area (Å²) in [5.41, 5.74) is 1.97. The minimum atomic E-state index is -0.291. The van der Waals surface area contributed by atoms with Gasteiger partial charge in [0.25, 0.3) is 0 Å². The average molecular weight is 395 g/mol. The molecule has 1 saturated heterocycles. The van der Waals surface area contributed by atoms with E-state index in [-0.39, 0.29) is 24.2 Å². The minimum Gasteiger partial charge on any atom is -0.338 e. The molecule has 1 aliphatic carbocycles. The fourth-order valence-corrected chi connectivity index (χ4v) is 5.33. The smallest absolute Gasteiger partial charge is 0.229 e. The number of nitrogens with zero attached hydrogens (tertiary/aromatic N) is 1. The monoisotopic (exact) mass is 394 g/mol. The van der Waals surface area contributed by atoms with Crippen LogP contribution < -0.4 is 5.32 Å². The summed E-state index contributed by atoms with van der Waals surface area (Å²) in [4.78, 5) is 28.2. The summed E-state index contributed by atoms with van der Waals surface area (Å²) in [6, 6.07) is 18.0. The first-order valence-corrected chi connectivity index (χ1v) is 11.0. The predicted molar refractivity (Wildman–Crippen MR) is 113 cm³/mol. The number of para-hydroxylation sites is 1. The van der Waals surface area contributed by atoms with Crippen LogP contribution in [0.25, 0.3) is 0 Å².